The van der Waals surface area contributed by atoms with E-state index in [2.05, 4.69) is 24.5 Å². The van der Waals surface area contributed by atoms with Crippen LogP contribution in [0.5, 0.6) is 0 Å². The van der Waals surface area contributed by atoms with Crippen LogP contribution >= 0.6 is 0 Å². The first-order chi connectivity index (χ1) is 16.2. The van der Waals surface area contributed by atoms with Crippen molar-refractivity contribution in [3.8, 4) is 0 Å². The van der Waals surface area contributed by atoms with Crippen LogP contribution < -0.4 is 10.6 Å². The van der Waals surface area contributed by atoms with Gasteiger partial charge < -0.3 is 20.8 Å². The molecule has 1 aliphatic rings. The SMILES string of the molecule is C.C.CCCCCCC(C)C(=O)NCC(=O)O.CCCCCCCCC(=O)O.O=C1CCCCCN1. The number of unbranched alkanes of at least 4 members (excludes halogenated alkanes) is 8. The summed E-state index contributed by atoms with van der Waals surface area (Å²) in [4.78, 5) is 42.2. The Kier molecular flexibility index (Phi) is 35.2. The smallest absolute Gasteiger partial charge is 0.322 e. The van der Waals surface area contributed by atoms with E-state index < -0.39 is 11.9 Å². The third-order valence-electron chi connectivity index (χ3n) is 5.50. The van der Waals surface area contributed by atoms with Crippen LogP contribution in [0.4, 0.5) is 0 Å². The molecule has 216 valence electrons. The lowest BCUT2D eigenvalue weighted by Gasteiger charge is -2.10. The van der Waals surface area contributed by atoms with E-state index in [1.54, 1.807) is 0 Å². The number of hydrogen-bond donors (Lipinski definition) is 4. The summed E-state index contributed by atoms with van der Waals surface area (Å²) in [6.45, 7) is 6.76. The molecule has 1 fully saturated rings. The molecule has 2 amide bonds. The Balaban J connectivity index is -0.000000216. The standard InChI is InChI=1S/C11H21NO3.C9H18O2.C6H11NO.2CH4/c1-3-4-5-6-7-9(2)11(15)12-8-10(13)14;1-2-3-4-5-6-7-8-9(10)11;8-6-4-2-1-3-5-7-6;;/h9H,3-8H2,1-2H3,(H,12,15)(H,13,14);2-8H2,1H3,(H,10,11);1-5H2,(H,7,8);2*1H4. The van der Waals surface area contributed by atoms with Crippen molar-refractivity contribution in [1.82, 2.24) is 10.6 Å². The molecule has 0 spiro atoms. The van der Waals surface area contributed by atoms with Crippen LogP contribution in [0, 0.1) is 5.92 Å². The summed E-state index contributed by atoms with van der Waals surface area (Å²) in [7, 11) is 0. The van der Waals surface area contributed by atoms with Gasteiger partial charge in [-0.25, -0.2) is 0 Å². The molecule has 1 aliphatic heterocycles. The summed E-state index contributed by atoms with van der Waals surface area (Å²) in [5, 5.41) is 21.9. The van der Waals surface area contributed by atoms with Crippen molar-refractivity contribution in [2.45, 2.75) is 138 Å². The Bertz CT molecular complexity index is 530. The molecular formula is C28H58N2O6. The molecule has 0 saturated carbocycles. The molecule has 8 nitrogen and oxygen atoms in total. The molecule has 36 heavy (non-hydrogen) atoms. The average Bonchev–Trinajstić information content (AvgIpc) is 3.05. The highest BCUT2D eigenvalue weighted by Crippen LogP contribution is 2.10. The van der Waals surface area contributed by atoms with E-state index in [1.807, 2.05) is 6.92 Å². The van der Waals surface area contributed by atoms with Gasteiger partial charge in [0.25, 0.3) is 0 Å². The predicted molar refractivity (Wildman–Crippen MR) is 149 cm³/mol. The van der Waals surface area contributed by atoms with Gasteiger partial charge in [-0.3, -0.25) is 19.2 Å². The summed E-state index contributed by atoms with van der Waals surface area (Å²) in [5.41, 5.74) is 0. The zero-order chi connectivity index (χ0) is 26.0. The molecule has 8 heteroatoms. The molecule has 1 rings (SSSR count). The number of carboxylic acid groups (broad SMARTS) is 2. The third kappa shape index (κ3) is 34.0. The fourth-order valence-corrected chi connectivity index (χ4v) is 3.31. The van der Waals surface area contributed by atoms with Gasteiger partial charge in [0, 0.05) is 25.3 Å². The van der Waals surface area contributed by atoms with E-state index in [9.17, 15) is 19.2 Å². The van der Waals surface area contributed by atoms with Gasteiger partial charge in [0.05, 0.1) is 0 Å². The Hall–Kier alpha value is -2.12. The summed E-state index contributed by atoms with van der Waals surface area (Å²) in [5.74, 6) is -1.68. The lowest BCUT2D eigenvalue weighted by atomic mass is 10.0. The maximum absolute atomic E-state index is 11.3. The van der Waals surface area contributed by atoms with Crippen LogP contribution in [-0.4, -0.2) is 47.1 Å². The maximum Gasteiger partial charge on any atom is 0.322 e. The number of rotatable bonds is 15. The van der Waals surface area contributed by atoms with Gasteiger partial charge in [-0.05, 0) is 25.7 Å². The summed E-state index contributed by atoms with van der Waals surface area (Å²) < 4.78 is 0. The van der Waals surface area contributed by atoms with Crippen LogP contribution in [0.1, 0.15) is 138 Å². The molecule has 0 radical (unpaired) electrons. The van der Waals surface area contributed by atoms with Crippen LogP contribution in [0.15, 0.2) is 0 Å². The topological polar surface area (TPSA) is 133 Å². The minimum Gasteiger partial charge on any atom is -0.481 e. The van der Waals surface area contributed by atoms with Crippen molar-refractivity contribution in [1.29, 1.82) is 0 Å². The van der Waals surface area contributed by atoms with Gasteiger partial charge in [-0.1, -0.05) is 99.8 Å². The maximum atomic E-state index is 11.3. The number of hydrogen-bond acceptors (Lipinski definition) is 4. The minimum atomic E-state index is -0.999. The Labute approximate surface area is 221 Å². The first kappa shape index (κ1) is 41.0. The van der Waals surface area contributed by atoms with E-state index in [1.165, 1.54) is 44.9 Å². The second-order valence-electron chi connectivity index (χ2n) is 8.93. The molecule has 0 aliphatic carbocycles. The van der Waals surface area contributed by atoms with Gasteiger partial charge in [0.2, 0.25) is 11.8 Å². The molecule has 0 aromatic heterocycles. The average molecular weight is 519 g/mol. The highest BCUT2D eigenvalue weighted by atomic mass is 16.4. The quantitative estimate of drug-likeness (QED) is 0.181. The van der Waals surface area contributed by atoms with Gasteiger partial charge >= 0.3 is 11.9 Å². The molecule has 0 aromatic rings. The normalized spacial score (nSPS) is 12.9. The van der Waals surface area contributed by atoms with Crippen molar-refractivity contribution >= 4 is 23.8 Å². The van der Waals surface area contributed by atoms with Crippen molar-refractivity contribution < 1.29 is 29.4 Å². The minimum absolute atomic E-state index is 0. The second kappa shape index (κ2) is 30.9. The molecule has 1 heterocycles. The van der Waals surface area contributed by atoms with Gasteiger partial charge in [0.1, 0.15) is 6.54 Å². The highest BCUT2D eigenvalue weighted by Gasteiger charge is 2.12. The second-order valence-corrected chi connectivity index (χ2v) is 8.93. The first-order valence-electron chi connectivity index (χ1n) is 13.2. The molecule has 0 aromatic carbocycles. The largest absolute Gasteiger partial charge is 0.481 e. The molecule has 1 saturated heterocycles. The van der Waals surface area contributed by atoms with E-state index in [4.69, 9.17) is 10.2 Å². The van der Waals surface area contributed by atoms with E-state index in [0.717, 1.165) is 57.9 Å². The van der Waals surface area contributed by atoms with Gasteiger partial charge in [-0.2, -0.15) is 0 Å². The van der Waals surface area contributed by atoms with Gasteiger partial charge in [-0.15, -0.1) is 0 Å². The van der Waals surface area contributed by atoms with E-state index in [-0.39, 0.29) is 39.1 Å². The summed E-state index contributed by atoms with van der Waals surface area (Å²) >= 11 is 0. The van der Waals surface area contributed by atoms with Crippen molar-refractivity contribution in [2.24, 2.45) is 5.92 Å². The van der Waals surface area contributed by atoms with Crippen LogP contribution in [0.25, 0.3) is 0 Å². The van der Waals surface area contributed by atoms with Crippen LogP contribution in [-0.2, 0) is 19.2 Å². The summed E-state index contributed by atoms with van der Waals surface area (Å²) in [6.07, 6.45) is 16.8. The van der Waals surface area contributed by atoms with Gasteiger partial charge in [0.15, 0.2) is 0 Å². The van der Waals surface area contributed by atoms with E-state index >= 15 is 0 Å². The molecule has 1 unspecified atom stereocenters. The lowest BCUT2D eigenvalue weighted by molar-refractivity contribution is -0.138. The number of carbonyl (C=O) groups excluding carboxylic acids is 2. The third-order valence-corrected chi connectivity index (χ3v) is 5.50. The summed E-state index contributed by atoms with van der Waals surface area (Å²) in [6, 6.07) is 0. The molecule has 1 atom stereocenters. The van der Waals surface area contributed by atoms with Crippen LogP contribution in [0.3, 0.4) is 0 Å². The van der Waals surface area contributed by atoms with E-state index in [0.29, 0.717) is 6.42 Å². The van der Waals surface area contributed by atoms with Crippen molar-refractivity contribution in [3.63, 3.8) is 0 Å². The highest BCUT2D eigenvalue weighted by molar-refractivity contribution is 5.82. The Morgan fingerprint density at radius 2 is 1.39 bits per heavy atom. The number of carboxylic acids is 2. The number of nitrogens with one attached hydrogen (secondary N) is 2. The van der Waals surface area contributed by atoms with Crippen molar-refractivity contribution in [3.05, 3.63) is 0 Å². The fourth-order valence-electron chi connectivity index (χ4n) is 3.31. The molecular weight excluding hydrogens is 460 g/mol. The number of aliphatic carboxylic acids is 2. The van der Waals surface area contributed by atoms with Crippen molar-refractivity contribution in [2.75, 3.05) is 13.1 Å². The molecule has 0 bridgehead atoms. The zero-order valence-corrected chi connectivity index (χ0v) is 21.8. The predicted octanol–water partition coefficient (Wildman–Crippen LogP) is 6.56. The Morgan fingerprint density at radius 3 is 1.94 bits per heavy atom. The van der Waals surface area contributed by atoms with Crippen LogP contribution in [0.2, 0.25) is 0 Å². The fraction of sp³-hybridized carbons (Fsp3) is 0.857. The number of carbonyl (C=O) groups is 4. The monoisotopic (exact) mass is 518 g/mol. The lowest BCUT2D eigenvalue weighted by Crippen LogP contribution is -2.33. The molecule has 4 N–H and O–H groups in total. The zero-order valence-electron chi connectivity index (χ0n) is 21.8. The first-order valence-corrected chi connectivity index (χ1v) is 13.2. The number of amides is 2. The Morgan fingerprint density at radius 1 is 0.833 bits per heavy atom.